The molecule has 114 valence electrons. The van der Waals surface area contributed by atoms with Gasteiger partial charge in [-0.05, 0) is 30.2 Å². The lowest BCUT2D eigenvalue weighted by atomic mass is 9.86. The Kier molecular flexibility index (Phi) is 3.87. The lowest BCUT2D eigenvalue weighted by Gasteiger charge is -2.56. The zero-order valence-corrected chi connectivity index (χ0v) is 13.3. The molecule has 4 heterocycles. The van der Waals surface area contributed by atoms with Gasteiger partial charge in [0.2, 0.25) is 0 Å². The molecule has 0 aliphatic carbocycles. The molecule has 1 aromatic heterocycles. The van der Waals surface area contributed by atoms with Crippen molar-refractivity contribution in [3.05, 3.63) is 64.9 Å². The summed E-state index contributed by atoms with van der Waals surface area (Å²) in [4.78, 5) is 9.58. The van der Waals surface area contributed by atoms with Gasteiger partial charge in [0.1, 0.15) is 0 Å². The summed E-state index contributed by atoms with van der Waals surface area (Å²) in [5, 5.41) is 0.887. The monoisotopic (exact) mass is 313 g/mol. The Morgan fingerprint density at radius 2 is 1.77 bits per heavy atom. The normalized spacial score (nSPS) is 25.0. The average Bonchev–Trinajstić information content (AvgIpc) is 2.55. The second-order valence-corrected chi connectivity index (χ2v) is 6.73. The van der Waals surface area contributed by atoms with Gasteiger partial charge in [0.25, 0.3) is 0 Å². The van der Waals surface area contributed by atoms with E-state index >= 15 is 0 Å². The first kappa shape index (κ1) is 14.2. The van der Waals surface area contributed by atoms with E-state index in [1.165, 1.54) is 17.7 Å². The van der Waals surface area contributed by atoms with E-state index in [2.05, 4.69) is 39.0 Å². The summed E-state index contributed by atoms with van der Waals surface area (Å²) in [6.07, 6.45) is 3.20. The molecule has 3 aliphatic heterocycles. The maximum absolute atomic E-state index is 6.30. The Bertz CT molecular complexity index is 634. The first-order chi connectivity index (χ1) is 10.8. The van der Waals surface area contributed by atoms with Crippen molar-refractivity contribution in [2.24, 2.45) is 0 Å². The Labute approximate surface area is 136 Å². The summed E-state index contributed by atoms with van der Waals surface area (Å²) >= 11 is 6.30. The molecule has 2 unspecified atom stereocenters. The largest absolute Gasteiger partial charge is 0.294 e. The highest BCUT2D eigenvalue weighted by Crippen LogP contribution is 2.35. The Morgan fingerprint density at radius 3 is 2.50 bits per heavy atom. The maximum atomic E-state index is 6.30. The lowest BCUT2D eigenvalue weighted by molar-refractivity contribution is -0.0777. The standard InChI is InChI=1S/C18H20ClN3/c19-18-7-2-1-5-14(18)10-22-16-9-17(22)13-21(12-16)11-15-6-3-4-8-20-15/h1-8,16-17H,9-13H2. The van der Waals surface area contributed by atoms with Gasteiger partial charge in [-0.1, -0.05) is 35.9 Å². The summed E-state index contributed by atoms with van der Waals surface area (Å²) in [5.74, 6) is 0. The molecule has 3 nitrogen and oxygen atoms in total. The molecule has 0 spiro atoms. The van der Waals surface area contributed by atoms with Gasteiger partial charge < -0.3 is 0 Å². The van der Waals surface area contributed by atoms with Crippen LogP contribution in [0, 0.1) is 0 Å². The molecule has 2 atom stereocenters. The van der Waals surface area contributed by atoms with E-state index in [1.54, 1.807) is 0 Å². The second kappa shape index (κ2) is 5.99. The average molecular weight is 314 g/mol. The van der Waals surface area contributed by atoms with Gasteiger partial charge >= 0.3 is 0 Å². The van der Waals surface area contributed by atoms with Crippen LogP contribution >= 0.6 is 11.6 Å². The second-order valence-electron chi connectivity index (χ2n) is 6.32. The van der Waals surface area contributed by atoms with Gasteiger partial charge in [-0.25, -0.2) is 0 Å². The van der Waals surface area contributed by atoms with E-state index in [1.807, 2.05) is 24.4 Å². The number of aromatic nitrogens is 1. The summed E-state index contributed by atoms with van der Waals surface area (Å²) < 4.78 is 0. The quantitative estimate of drug-likeness (QED) is 0.864. The number of nitrogens with zero attached hydrogens (tertiary/aromatic N) is 3. The summed E-state index contributed by atoms with van der Waals surface area (Å²) in [6.45, 7) is 4.22. The predicted molar refractivity (Wildman–Crippen MR) is 88.7 cm³/mol. The van der Waals surface area contributed by atoms with Crippen LogP contribution in [0.15, 0.2) is 48.7 Å². The van der Waals surface area contributed by atoms with Crippen molar-refractivity contribution in [3.8, 4) is 0 Å². The van der Waals surface area contributed by atoms with E-state index < -0.39 is 0 Å². The van der Waals surface area contributed by atoms with Crippen molar-refractivity contribution in [1.29, 1.82) is 0 Å². The summed E-state index contributed by atoms with van der Waals surface area (Å²) in [5.41, 5.74) is 2.42. The SMILES string of the molecule is Clc1ccccc1CN1C2CC1CN(Cc1ccccn1)C2. The van der Waals surface area contributed by atoms with E-state index in [9.17, 15) is 0 Å². The fourth-order valence-electron chi connectivity index (χ4n) is 3.71. The van der Waals surface area contributed by atoms with Gasteiger partial charge in [-0.15, -0.1) is 0 Å². The van der Waals surface area contributed by atoms with Crippen LogP contribution in [0.4, 0.5) is 0 Å². The maximum Gasteiger partial charge on any atom is 0.0543 e. The Hall–Kier alpha value is -1.42. The van der Waals surface area contributed by atoms with Gasteiger partial charge in [0.05, 0.1) is 5.69 Å². The predicted octanol–water partition coefficient (Wildman–Crippen LogP) is 3.19. The smallest absolute Gasteiger partial charge is 0.0543 e. The minimum atomic E-state index is 0.665. The number of rotatable bonds is 4. The van der Waals surface area contributed by atoms with E-state index in [0.29, 0.717) is 12.1 Å². The van der Waals surface area contributed by atoms with Crippen molar-refractivity contribution in [2.75, 3.05) is 13.1 Å². The number of halogens is 1. The highest BCUT2D eigenvalue weighted by atomic mass is 35.5. The van der Waals surface area contributed by atoms with E-state index in [4.69, 9.17) is 11.6 Å². The minimum Gasteiger partial charge on any atom is -0.294 e. The highest BCUT2D eigenvalue weighted by Gasteiger charge is 2.44. The van der Waals surface area contributed by atoms with Crippen LogP contribution in [0.25, 0.3) is 0 Å². The molecule has 1 aromatic carbocycles. The van der Waals surface area contributed by atoms with E-state index in [-0.39, 0.29) is 0 Å². The fourth-order valence-corrected chi connectivity index (χ4v) is 3.90. The molecule has 3 saturated heterocycles. The number of benzene rings is 1. The third kappa shape index (κ3) is 2.76. The molecule has 3 fully saturated rings. The van der Waals surface area contributed by atoms with Crippen molar-refractivity contribution < 1.29 is 0 Å². The minimum absolute atomic E-state index is 0.665. The summed E-state index contributed by atoms with van der Waals surface area (Å²) in [6, 6.07) is 15.7. The summed E-state index contributed by atoms with van der Waals surface area (Å²) in [7, 11) is 0. The molecule has 22 heavy (non-hydrogen) atoms. The van der Waals surface area contributed by atoms with Crippen LogP contribution < -0.4 is 0 Å². The molecule has 3 aliphatic rings. The molecule has 0 N–H and O–H groups in total. The molecular formula is C18H20ClN3. The molecule has 0 amide bonds. The molecule has 5 rings (SSSR count). The first-order valence-electron chi connectivity index (χ1n) is 7.91. The zero-order chi connectivity index (χ0) is 14.9. The van der Waals surface area contributed by atoms with Gasteiger partial charge in [0, 0.05) is 49.5 Å². The molecule has 2 bridgehead atoms. The van der Waals surface area contributed by atoms with Gasteiger partial charge in [0.15, 0.2) is 0 Å². The van der Waals surface area contributed by atoms with Gasteiger partial charge in [-0.3, -0.25) is 14.8 Å². The number of pyridine rings is 1. The highest BCUT2D eigenvalue weighted by molar-refractivity contribution is 6.31. The molecule has 0 saturated carbocycles. The molecule has 0 radical (unpaired) electrons. The number of fused-ring (bicyclic) bond motifs is 2. The van der Waals surface area contributed by atoms with Crippen molar-refractivity contribution in [1.82, 2.24) is 14.8 Å². The number of piperidine rings is 1. The topological polar surface area (TPSA) is 19.4 Å². The molecule has 4 heteroatoms. The number of piperazine rings is 1. The number of hydrogen-bond donors (Lipinski definition) is 0. The first-order valence-corrected chi connectivity index (χ1v) is 8.29. The fraction of sp³-hybridized carbons (Fsp3) is 0.389. The van der Waals surface area contributed by atoms with Crippen molar-refractivity contribution in [3.63, 3.8) is 0 Å². The lowest BCUT2D eigenvalue weighted by Crippen LogP contribution is -2.67. The van der Waals surface area contributed by atoms with Crippen LogP contribution in [0.1, 0.15) is 17.7 Å². The van der Waals surface area contributed by atoms with Gasteiger partial charge in [-0.2, -0.15) is 0 Å². The van der Waals surface area contributed by atoms with Crippen LogP contribution in [-0.4, -0.2) is 40.0 Å². The van der Waals surface area contributed by atoms with Crippen LogP contribution in [0.5, 0.6) is 0 Å². The third-order valence-corrected chi connectivity index (χ3v) is 5.21. The van der Waals surface area contributed by atoms with Crippen LogP contribution in [-0.2, 0) is 13.1 Å². The molecular weight excluding hydrogens is 294 g/mol. The Balaban J connectivity index is 1.38. The number of hydrogen-bond acceptors (Lipinski definition) is 3. The van der Waals surface area contributed by atoms with E-state index in [0.717, 1.165) is 31.2 Å². The third-order valence-electron chi connectivity index (χ3n) is 4.84. The van der Waals surface area contributed by atoms with Crippen LogP contribution in [0.2, 0.25) is 5.02 Å². The Morgan fingerprint density at radius 1 is 1.00 bits per heavy atom. The molecule has 2 aromatic rings. The van der Waals surface area contributed by atoms with Crippen molar-refractivity contribution >= 4 is 11.6 Å². The van der Waals surface area contributed by atoms with Crippen LogP contribution in [0.3, 0.4) is 0 Å². The van der Waals surface area contributed by atoms with Crippen molar-refractivity contribution in [2.45, 2.75) is 31.6 Å². The zero-order valence-electron chi connectivity index (χ0n) is 12.5.